The Balaban J connectivity index is -0.0000000721. The summed E-state index contributed by atoms with van der Waals surface area (Å²) in [7, 11) is 0. The Morgan fingerprint density at radius 2 is 0.795 bits per heavy atom. The number of H-pyrrole nitrogens is 1. The minimum Gasteiger partial charge on any atom is -0.329 e. The molecule has 11 nitrogen and oxygen atoms in total. The van der Waals surface area contributed by atoms with Gasteiger partial charge in [-0.05, 0) is 101 Å². The van der Waals surface area contributed by atoms with Gasteiger partial charge >= 0.3 is 0 Å². The van der Waals surface area contributed by atoms with E-state index >= 15 is 0 Å². The summed E-state index contributed by atoms with van der Waals surface area (Å²) in [6.45, 7) is 66.2. The largest absolute Gasteiger partial charge is 0.329 e. The minimum absolute atomic E-state index is 0. The Morgan fingerprint density at radius 1 is 0.364 bits per heavy atom. The maximum Gasteiger partial charge on any atom is 0.248 e. The van der Waals surface area contributed by atoms with E-state index in [-0.39, 0.29) is 27.8 Å². The van der Waals surface area contributed by atoms with Gasteiger partial charge in [-0.15, -0.1) is 0 Å². The molecule has 7 aromatic heterocycles. The van der Waals surface area contributed by atoms with E-state index in [0.29, 0.717) is 29.6 Å². The number of aromatic nitrogens is 10. The highest BCUT2D eigenvalue weighted by atomic mass is 16.1. The molecule has 0 bridgehead atoms. The van der Waals surface area contributed by atoms with Crippen molar-refractivity contribution in [3.8, 4) is 0 Å². The first kappa shape index (κ1) is 109. The molecule has 8 rings (SSSR count). The van der Waals surface area contributed by atoms with E-state index in [1.165, 1.54) is 11.1 Å². The molecule has 1 aromatic carbocycles. The van der Waals surface area contributed by atoms with Gasteiger partial charge in [-0.3, -0.25) is 9.78 Å². The van der Waals surface area contributed by atoms with Gasteiger partial charge in [0.15, 0.2) is 0 Å². The Morgan fingerprint density at radius 3 is 1.08 bits per heavy atom. The van der Waals surface area contributed by atoms with Gasteiger partial charge < -0.3 is 4.98 Å². The summed E-state index contributed by atoms with van der Waals surface area (Å²) in [5.41, 5.74) is 5.91. The number of hydrogen-bond donors (Lipinski definition) is 1. The molecule has 0 aliphatic carbocycles. The molecule has 0 unspecified atom stereocenters. The highest BCUT2D eigenvalue weighted by molar-refractivity contribution is 5.44. The molecule has 0 fully saturated rings. The number of fused-ring (bicyclic) bond motifs is 1. The zero-order chi connectivity index (χ0) is 67.8. The molecule has 0 amide bonds. The van der Waals surface area contributed by atoms with Gasteiger partial charge in [0.25, 0.3) is 0 Å². The first-order chi connectivity index (χ1) is 40.8. The molecule has 8 aromatic rings. The Labute approximate surface area is 547 Å². The number of nitrogens with one attached hydrogen (secondary N) is 1. The van der Waals surface area contributed by atoms with E-state index < -0.39 is 0 Å². The molecule has 0 radical (unpaired) electrons. The summed E-state index contributed by atoms with van der Waals surface area (Å²) in [4.78, 5) is 40.9. The first-order valence-electron chi connectivity index (χ1n) is 32.1. The van der Waals surface area contributed by atoms with Crippen molar-refractivity contribution < 1.29 is 0 Å². The molecular formula is C77H144N10O. The zero-order valence-electron chi connectivity index (χ0n) is 60.6. The molecule has 0 atom stereocenters. The van der Waals surface area contributed by atoms with Crippen LogP contribution in [-0.4, -0.2) is 49.5 Å². The highest BCUT2D eigenvalue weighted by Gasteiger charge is 1.99. The van der Waals surface area contributed by atoms with E-state index in [2.05, 4.69) is 180 Å². The third-order valence-electron chi connectivity index (χ3n) is 8.35. The van der Waals surface area contributed by atoms with Crippen LogP contribution in [0.3, 0.4) is 0 Å². The number of pyridine rings is 3. The van der Waals surface area contributed by atoms with Crippen molar-refractivity contribution in [2.45, 2.75) is 273 Å². The molecular weight excluding hydrogens is 1080 g/mol. The van der Waals surface area contributed by atoms with Crippen LogP contribution in [0.1, 0.15) is 302 Å². The lowest BCUT2D eigenvalue weighted by molar-refractivity contribution is 0.736. The predicted octanol–water partition coefficient (Wildman–Crippen LogP) is 25.0. The molecule has 0 saturated heterocycles. The molecule has 0 aliphatic rings. The average molecular weight is 1230 g/mol. The summed E-state index contributed by atoms with van der Waals surface area (Å²) in [5, 5.41) is 4.04. The van der Waals surface area contributed by atoms with Gasteiger partial charge in [-0.25, -0.2) is 34.4 Å². The quantitative estimate of drug-likeness (QED) is 0.178. The molecule has 0 aliphatic heterocycles. The maximum absolute atomic E-state index is 10.7. The summed E-state index contributed by atoms with van der Waals surface area (Å²) < 4.78 is 1.83. The smallest absolute Gasteiger partial charge is 0.248 e. The molecule has 508 valence electrons. The van der Waals surface area contributed by atoms with E-state index in [1.807, 2.05) is 201 Å². The second kappa shape index (κ2) is 89.0. The minimum atomic E-state index is -0.0220. The lowest BCUT2D eigenvalue weighted by Gasteiger charge is -2.01. The van der Waals surface area contributed by atoms with E-state index in [0.717, 1.165) is 34.4 Å². The monoisotopic (exact) mass is 1230 g/mol. The van der Waals surface area contributed by atoms with E-state index in [9.17, 15) is 4.79 Å². The average Bonchev–Trinajstić information content (AvgIpc) is 4.05. The van der Waals surface area contributed by atoms with Gasteiger partial charge in [0.2, 0.25) is 5.56 Å². The van der Waals surface area contributed by atoms with Gasteiger partial charge in [-0.1, -0.05) is 286 Å². The first-order valence-corrected chi connectivity index (χ1v) is 32.1. The number of aromatic amines is 1. The van der Waals surface area contributed by atoms with Crippen molar-refractivity contribution in [1.29, 1.82) is 0 Å². The number of hydrogen-bond acceptors (Lipinski definition) is 9. The predicted molar refractivity (Wildman–Crippen MR) is 401 cm³/mol. The molecule has 1 N–H and O–H groups in total. The van der Waals surface area contributed by atoms with Crippen LogP contribution in [0.5, 0.6) is 0 Å². The van der Waals surface area contributed by atoms with Crippen molar-refractivity contribution in [1.82, 2.24) is 49.5 Å². The zero-order valence-corrected chi connectivity index (χ0v) is 60.6. The fraction of sp³-hybridized carbons (Fsp3) is 0.545. The van der Waals surface area contributed by atoms with Gasteiger partial charge in [0.1, 0.15) is 18.5 Å². The SMILES string of the molecule is C.C.C.CC.CC.CC.CC.CC.CC.CC.CC.CC(C)C.CC(C)C.CC(C)c1cc[nH]c(=O)c1.CC(C)c1ccccc1.CC(C)c1ccncn1.CC(C)c1cncnc1.CC(C)c1ncccn1.c1ccn2nccc2c1.c1ccncc1. The summed E-state index contributed by atoms with van der Waals surface area (Å²) >= 11 is 0. The Kier molecular flexibility index (Phi) is 110. The van der Waals surface area contributed by atoms with Crippen molar-refractivity contribution in [2.24, 2.45) is 11.8 Å². The van der Waals surface area contributed by atoms with Gasteiger partial charge in [0, 0.05) is 79.6 Å². The standard InChI is InChI=1S/C9H12.C8H11NO.C7H6N2.3C7H10N2.C5H5N.2C4H10.8C2H6.3CH4/c1-8(2)9-6-4-3-5-7-9;1-6(2)7-3-4-9-8(10)5-7;1-2-6-9-7(3-1)4-5-8-9;1-6(2)7-3-8-5-9-4-7;1-6(2)7-3-4-8-5-9-7;1-6(2)7-8-4-3-5-9-7;1-2-4-6-5-3-1;2*1-4(2)3;8*1-2;;;/h3-8H,1-2H3;3-6H,1-2H3,(H,9,10);1-6H;3*3-6H,1-2H3;1-5H;2*4H,1-3H3;8*1-2H3;3*1H4. The highest BCUT2D eigenvalue weighted by Crippen LogP contribution is 2.12. The van der Waals surface area contributed by atoms with Gasteiger partial charge in [0.05, 0.1) is 5.52 Å². The van der Waals surface area contributed by atoms with Crippen molar-refractivity contribution >= 4 is 5.52 Å². The summed E-state index contributed by atoms with van der Waals surface area (Å²) in [6, 6.07) is 31.5. The third kappa shape index (κ3) is 79.2. The van der Waals surface area contributed by atoms with Crippen LogP contribution in [0, 0.1) is 11.8 Å². The van der Waals surface area contributed by atoms with Crippen LogP contribution in [0.4, 0.5) is 0 Å². The van der Waals surface area contributed by atoms with Crippen LogP contribution in [0.15, 0.2) is 176 Å². The van der Waals surface area contributed by atoms with Crippen LogP contribution >= 0.6 is 0 Å². The summed E-state index contributed by atoms with van der Waals surface area (Å²) in [6.07, 6.45) is 21.0. The number of rotatable bonds is 5. The molecule has 88 heavy (non-hydrogen) atoms. The number of benzene rings is 1. The summed E-state index contributed by atoms with van der Waals surface area (Å²) in [5.74, 6) is 5.15. The molecule has 7 heterocycles. The molecule has 11 heteroatoms. The Bertz CT molecular complexity index is 2130. The normalized spacial score (nSPS) is 8.26. The molecule has 0 spiro atoms. The second-order valence-corrected chi connectivity index (χ2v) is 18.5. The van der Waals surface area contributed by atoms with Crippen LogP contribution in [0.25, 0.3) is 5.52 Å². The Hall–Kier alpha value is -6.75. The third-order valence-corrected chi connectivity index (χ3v) is 8.35. The second-order valence-electron chi connectivity index (χ2n) is 18.5. The lowest BCUT2D eigenvalue weighted by atomic mass is 10.0. The number of nitrogens with zero attached hydrogens (tertiary/aromatic N) is 9. The maximum atomic E-state index is 10.7. The van der Waals surface area contributed by atoms with Crippen molar-refractivity contribution in [3.05, 3.63) is 210 Å². The van der Waals surface area contributed by atoms with Gasteiger partial charge in [-0.2, -0.15) is 5.10 Å². The van der Waals surface area contributed by atoms with E-state index in [4.69, 9.17) is 0 Å². The topological polar surface area (TPSA) is 140 Å². The van der Waals surface area contributed by atoms with Crippen LogP contribution in [0.2, 0.25) is 0 Å². The lowest BCUT2D eigenvalue weighted by Crippen LogP contribution is -2.04. The molecule has 0 saturated carbocycles. The van der Waals surface area contributed by atoms with Crippen molar-refractivity contribution in [2.75, 3.05) is 0 Å². The fourth-order valence-corrected chi connectivity index (χ4v) is 4.70. The van der Waals surface area contributed by atoms with Crippen molar-refractivity contribution in [3.63, 3.8) is 0 Å². The van der Waals surface area contributed by atoms with Crippen LogP contribution < -0.4 is 5.56 Å². The van der Waals surface area contributed by atoms with E-state index in [1.54, 1.807) is 62.1 Å². The fourth-order valence-electron chi connectivity index (χ4n) is 4.70. The van der Waals surface area contributed by atoms with Crippen LogP contribution in [-0.2, 0) is 0 Å².